The smallest absolute Gasteiger partial charge is 0.254 e. The van der Waals surface area contributed by atoms with Gasteiger partial charge in [0.05, 0.1) is 11.6 Å². The normalized spacial score (nSPS) is 22.9. The van der Waals surface area contributed by atoms with Crippen LogP contribution in [-0.2, 0) is 4.79 Å². The molecule has 0 bridgehead atoms. The van der Waals surface area contributed by atoms with Crippen LogP contribution in [0, 0.1) is 5.82 Å². The first-order valence-corrected chi connectivity index (χ1v) is 8.58. The number of hydrogen-bond acceptors (Lipinski definition) is 3. The quantitative estimate of drug-likeness (QED) is 0.903. The maximum Gasteiger partial charge on any atom is 0.254 e. The Morgan fingerprint density at radius 2 is 1.96 bits per heavy atom. The largest absolute Gasteiger partial charge is 0.349 e. The van der Waals surface area contributed by atoms with Crippen molar-refractivity contribution in [3.05, 3.63) is 34.6 Å². The molecule has 2 aliphatic rings. The first kappa shape index (κ1) is 17.2. The number of halogens is 2. The molecular weight excluding hydrogens is 333 g/mol. The summed E-state index contributed by atoms with van der Waals surface area (Å²) in [4.78, 5) is 28.2. The SMILES string of the molecule is CN1CCC(N2CCC(NC(=O)c3ccc(Cl)cc3F)CC2)C1=O. The van der Waals surface area contributed by atoms with E-state index in [1.807, 2.05) is 7.05 Å². The Morgan fingerprint density at radius 1 is 1.25 bits per heavy atom. The summed E-state index contributed by atoms with van der Waals surface area (Å²) in [7, 11) is 1.83. The van der Waals surface area contributed by atoms with E-state index < -0.39 is 11.7 Å². The molecule has 1 unspecified atom stereocenters. The molecule has 3 rings (SSSR count). The molecule has 2 fully saturated rings. The monoisotopic (exact) mass is 353 g/mol. The standard InChI is InChI=1S/C17H21ClFN3O2/c1-21-7-6-15(17(21)24)22-8-4-12(5-9-22)20-16(23)13-3-2-11(18)10-14(13)19/h2-3,10,12,15H,4-9H2,1H3,(H,20,23). The molecule has 0 saturated carbocycles. The fourth-order valence-corrected chi connectivity index (χ4v) is 3.59. The molecule has 0 radical (unpaired) electrons. The zero-order valence-corrected chi connectivity index (χ0v) is 14.4. The number of amides is 2. The second-order valence-electron chi connectivity index (χ2n) is 6.47. The van der Waals surface area contributed by atoms with E-state index in [-0.39, 0.29) is 28.6 Å². The van der Waals surface area contributed by atoms with E-state index in [0.29, 0.717) is 0 Å². The maximum absolute atomic E-state index is 13.8. The third kappa shape index (κ3) is 3.54. The number of rotatable bonds is 3. The summed E-state index contributed by atoms with van der Waals surface area (Å²) in [5.41, 5.74) is 0.00873. The number of carbonyl (C=O) groups is 2. The molecular formula is C17H21ClFN3O2. The Balaban J connectivity index is 1.54. The van der Waals surface area contributed by atoms with Gasteiger partial charge in [-0.15, -0.1) is 0 Å². The van der Waals surface area contributed by atoms with Crippen LogP contribution in [0.5, 0.6) is 0 Å². The molecule has 0 aliphatic carbocycles. The van der Waals surface area contributed by atoms with Crippen molar-refractivity contribution in [2.75, 3.05) is 26.7 Å². The van der Waals surface area contributed by atoms with Crippen molar-refractivity contribution < 1.29 is 14.0 Å². The van der Waals surface area contributed by atoms with Crippen LogP contribution in [0.1, 0.15) is 29.6 Å². The van der Waals surface area contributed by atoms with Gasteiger partial charge in [-0.05, 0) is 37.5 Å². The molecule has 1 aromatic carbocycles. The van der Waals surface area contributed by atoms with Gasteiger partial charge in [-0.2, -0.15) is 0 Å². The third-order valence-electron chi connectivity index (χ3n) is 4.88. The summed E-state index contributed by atoms with van der Waals surface area (Å²) in [6.07, 6.45) is 2.38. The van der Waals surface area contributed by atoms with E-state index >= 15 is 0 Å². The maximum atomic E-state index is 13.8. The zero-order valence-electron chi connectivity index (χ0n) is 13.6. The van der Waals surface area contributed by atoms with E-state index in [1.165, 1.54) is 12.1 Å². The van der Waals surface area contributed by atoms with E-state index in [4.69, 9.17) is 11.6 Å². The number of carbonyl (C=O) groups excluding carboxylic acids is 2. The van der Waals surface area contributed by atoms with Crippen molar-refractivity contribution in [2.45, 2.75) is 31.3 Å². The summed E-state index contributed by atoms with van der Waals surface area (Å²) >= 11 is 5.71. The highest BCUT2D eigenvalue weighted by Gasteiger charge is 2.35. The molecule has 5 nitrogen and oxygen atoms in total. The van der Waals surface area contributed by atoms with E-state index in [1.54, 1.807) is 4.90 Å². The molecule has 7 heteroatoms. The first-order valence-electron chi connectivity index (χ1n) is 8.20. The number of likely N-dealkylation sites (N-methyl/N-ethyl adjacent to an activating group) is 1. The molecule has 0 aromatic heterocycles. The Bertz CT molecular complexity index is 647. The molecule has 1 atom stereocenters. The lowest BCUT2D eigenvalue weighted by Gasteiger charge is -2.35. The summed E-state index contributed by atoms with van der Waals surface area (Å²) in [6.45, 7) is 2.33. The molecule has 1 aromatic rings. The van der Waals surface area contributed by atoms with Crippen molar-refractivity contribution in [1.29, 1.82) is 0 Å². The van der Waals surface area contributed by atoms with Gasteiger partial charge in [0.1, 0.15) is 5.82 Å². The summed E-state index contributed by atoms with van der Waals surface area (Å²) < 4.78 is 13.8. The van der Waals surface area contributed by atoms with Crippen LogP contribution in [0.3, 0.4) is 0 Å². The lowest BCUT2D eigenvalue weighted by Crippen LogP contribution is -2.50. The zero-order chi connectivity index (χ0) is 17.3. The number of likely N-dealkylation sites (tertiary alicyclic amines) is 2. The Labute approximate surface area is 145 Å². The molecule has 130 valence electrons. The van der Waals surface area contributed by atoms with Gasteiger partial charge in [0.25, 0.3) is 5.91 Å². The highest BCUT2D eigenvalue weighted by atomic mass is 35.5. The fourth-order valence-electron chi connectivity index (χ4n) is 3.43. The van der Waals surface area contributed by atoms with Crippen molar-refractivity contribution in [1.82, 2.24) is 15.1 Å². The Hall–Kier alpha value is -1.66. The van der Waals surface area contributed by atoms with Gasteiger partial charge in [0.2, 0.25) is 5.91 Å². The van der Waals surface area contributed by atoms with E-state index in [2.05, 4.69) is 10.2 Å². The topological polar surface area (TPSA) is 52.6 Å². The van der Waals surface area contributed by atoms with E-state index in [9.17, 15) is 14.0 Å². The van der Waals surface area contributed by atoms with Crippen LogP contribution in [0.25, 0.3) is 0 Å². The fraction of sp³-hybridized carbons (Fsp3) is 0.529. The lowest BCUT2D eigenvalue weighted by molar-refractivity contribution is -0.131. The summed E-state index contributed by atoms with van der Waals surface area (Å²) in [5, 5.41) is 3.15. The Kier molecular flexibility index (Phi) is 5.06. The third-order valence-corrected chi connectivity index (χ3v) is 5.12. The minimum atomic E-state index is -0.614. The van der Waals surface area contributed by atoms with Gasteiger partial charge in [0, 0.05) is 37.7 Å². The van der Waals surface area contributed by atoms with Crippen LogP contribution >= 0.6 is 11.6 Å². The van der Waals surface area contributed by atoms with Crippen molar-refractivity contribution in [3.8, 4) is 0 Å². The highest BCUT2D eigenvalue weighted by Crippen LogP contribution is 2.21. The minimum absolute atomic E-state index is 0.00179. The molecule has 0 spiro atoms. The number of benzene rings is 1. The van der Waals surface area contributed by atoms with Crippen LogP contribution in [-0.4, -0.2) is 60.4 Å². The van der Waals surface area contributed by atoms with Crippen LogP contribution < -0.4 is 5.32 Å². The average Bonchev–Trinajstić information content (AvgIpc) is 2.87. The molecule has 2 aliphatic heterocycles. The molecule has 2 heterocycles. The van der Waals surface area contributed by atoms with Crippen LogP contribution in [0.4, 0.5) is 4.39 Å². The second-order valence-corrected chi connectivity index (χ2v) is 6.91. The molecule has 1 N–H and O–H groups in total. The van der Waals surface area contributed by atoms with Gasteiger partial charge < -0.3 is 10.2 Å². The van der Waals surface area contributed by atoms with Crippen molar-refractivity contribution in [3.63, 3.8) is 0 Å². The van der Waals surface area contributed by atoms with Gasteiger partial charge >= 0.3 is 0 Å². The van der Waals surface area contributed by atoms with Gasteiger partial charge in [0.15, 0.2) is 0 Å². The number of piperidine rings is 1. The lowest BCUT2D eigenvalue weighted by atomic mass is 10.0. The Morgan fingerprint density at radius 3 is 2.54 bits per heavy atom. The average molecular weight is 354 g/mol. The van der Waals surface area contributed by atoms with Gasteiger partial charge in [-0.1, -0.05) is 11.6 Å². The predicted octanol–water partition coefficient (Wildman–Crippen LogP) is 1.90. The van der Waals surface area contributed by atoms with Gasteiger partial charge in [-0.3, -0.25) is 14.5 Å². The highest BCUT2D eigenvalue weighted by molar-refractivity contribution is 6.30. The number of hydrogen-bond donors (Lipinski definition) is 1. The van der Waals surface area contributed by atoms with Crippen LogP contribution in [0.2, 0.25) is 5.02 Å². The first-order chi connectivity index (χ1) is 11.5. The molecule has 2 amide bonds. The van der Waals surface area contributed by atoms with Crippen molar-refractivity contribution >= 4 is 23.4 Å². The summed E-state index contributed by atoms with van der Waals surface area (Å²) in [6, 6.07) is 4.01. The number of nitrogens with zero attached hydrogens (tertiary/aromatic N) is 2. The van der Waals surface area contributed by atoms with Gasteiger partial charge in [-0.25, -0.2) is 4.39 Å². The predicted molar refractivity (Wildman–Crippen MR) is 89.5 cm³/mol. The van der Waals surface area contributed by atoms with E-state index in [0.717, 1.165) is 45.0 Å². The second kappa shape index (κ2) is 7.07. The summed E-state index contributed by atoms with van der Waals surface area (Å²) in [5.74, 6) is -0.850. The van der Waals surface area contributed by atoms with Crippen molar-refractivity contribution in [2.24, 2.45) is 0 Å². The van der Waals surface area contributed by atoms with Crippen LogP contribution in [0.15, 0.2) is 18.2 Å². The molecule has 2 saturated heterocycles. The minimum Gasteiger partial charge on any atom is -0.349 e. The molecule has 24 heavy (non-hydrogen) atoms. The number of nitrogens with one attached hydrogen (secondary N) is 1.